The molecule has 0 aliphatic carbocycles. The molecule has 0 spiro atoms. The predicted octanol–water partition coefficient (Wildman–Crippen LogP) is 3.40. The predicted molar refractivity (Wildman–Crippen MR) is 65.6 cm³/mol. The molecular weight excluding hydrogens is 184 g/mol. The molecule has 0 saturated heterocycles. The van der Waals surface area contributed by atoms with Crippen LogP contribution in [0.2, 0.25) is 0 Å². The SMILES string of the molecule is CCCCCC/C=C/CCNC(C)C#N. The van der Waals surface area contributed by atoms with E-state index in [4.69, 9.17) is 5.26 Å². The number of hydrogen-bond acceptors (Lipinski definition) is 2. The topological polar surface area (TPSA) is 35.8 Å². The molecule has 0 saturated carbocycles. The highest BCUT2D eigenvalue weighted by molar-refractivity contribution is 4.87. The molecule has 15 heavy (non-hydrogen) atoms. The number of hydrogen-bond donors (Lipinski definition) is 1. The average Bonchev–Trinajstić information content (AvgIpc) is 2.26. The molecule has 2 heteroatoms. The average molecular weight is 208 g/mol. The van der Waals surface area contributed by atoms with Gasteiger partial charge >= 0.3 is 0 Å². The quantitative estimate of drug-likeness (QED) is 0.465. The second-order valence-corrected chi connectivity index (χ2v) is 3.91. The summed E-state index contributed by atoms with van der Waals surface area (Å²) >= 11 is 0. The van der Waals surface area contributed by atoms with Crippen molar-refractivity contribution in [2.24, 2.45) is 0 Å². The van der Waals surface area contributed by atoms with E-state index < -0.39 is 0 Å². The summed E-state index contributed by atoms with van der Waals surface area (Å²) in [5.41, 5.74) is 0. The Morgan fingerprint density at radius 3 is 2.60 bits per heavy atom. The normalized spacial score (nSPS) is 12.9. The number of nitriles is 1. The van der Waals surface area contributed by atoms with E-state index in [1.165, 1.54) is 32.1 Å². The Bertz CT molecular complexity index is 191. The van der Waals surface area contributed by atoms with Gasteiger partial charge < -0.3 is 5.32 Å². The minimum Gasteiger partial charge on any atom is -0.302 e. The summed E-state index contributed by atoms with van der Waals surface area (Å²) in [5, 5.41) is 11.7. The van der Waals surface area contributed by atoms with Crippen molar-refractivity contribution < 1.29 is 0 Å². The van der Waals surface area contributed by atoms with Gasteiger partial charge in [0, 0.05) is 0 Å². The second kappa shape index (κ2) is 11.3. The minimum absolute atomic E-state index is 0.0250. The first-order chi connectivity index (χ1) is 7.31. The van der Waals surface area contributed by atoms with Gasteiger partial charge in [-0.05, 0) is 32.7 Å². The van der Waals surface area contributed by atoms with Gasteiger partial charge in [-0.3, -0.25) is 0 Å². The van der Waals surface area contributed by atoms with E-state index in [2.05, 4.69) is 30.5 Å². The van der Waals surface area contributed by atoms with E-state index >= 15 is 0 Å². The minimum atomic E-state index is -0.0250. The first-order valence-corrected chi connectivity index (χ1v) is 6.09. The molecule has 0 rings (SSSR count). The first-order valence-electron chi connectivity index (χ1n) is 6.09. The third kappa shape index (κ3) is 11.1. The molecule has 1 N–H and O–H groups in total. The lowest BCUT2D eigenvalue weighted by atomic mass is 10.1. The molecule has 0 aromatic rings. The Labute approximate surface area is 94.4 Å². The molecule has 86 valence electrons. The molecule has 0 amide bonds. The Balaban J connectivity index is 3.15. The van der Waals surface area contributed by atoms with Crippen LogP contribution in [0.25, 0.3) is 0 Å². The number of allylic oxidation sites excluding steroid dienone is 1. The zero-order valence-corrected chi connectivity index (χ0v) is 10.1. The van der Waals surface area contributed by atoms with Gasteiger partial charge in [-0.15, -0.1) is 0 Å². The molecule has 0 heterocycles. The number of nitrogens with zero attached hydrogens (tertiary/aromatic N) is 1. The van der Waals surface area contributed by atoms with Crippen molar-refractivity contribution in [2.75, 3.05) is 6.54 Å². The third-order valence-corrected chi connectivity index (χ3v) is 2.35. The zero-order valence-electron chi connectivity index (χ0n) is 10.1. The lowest BCUT2D eigenvalue weighted by molar-refractivity contribution is 0.644. The Morgan fingerprint density at radius 1 is 1.20 bits per heavy atom. The van der Waals surface area contributed by atoms with Crippen molar-refractivity contribution in [3.8, 4) is 6.07 Å². The van der Waals surface area contributed by atoms with Gasteiger partial charge in [0.15, 0.2) is 0 Å². The van der Waals surface area contributed by atoms with Gasteiger partial charge in [0.2, 0.25) is 0 Å². The molecular formula is C13H24N2. The molecule has 1 atom stereocenters. The Kier molecular flexibility index (Phi) is 10.7. The van der Waals surface area contributed by atoms with Gasteiger partial charge in [0.05, 0.1) is 12.1 Å². The fourth-order valence-electron chi connectivity index (χ4n) is 1.35. The Morgan fingerprint density at radius 2 is 1.93 bits per heavy atom. The van der Waals surface area contributed by atoms with Crippen molar-refractivity contribution in [3.05, 3.63) is 12.2 Å². The lowest BCUT2D eigenvalue weighted by Gasteiger charge is -2.02. The zero-order chi connectivity index (χ0) is 11.4. The maximum absolute atomic E-state index is 8.53. The smallest absolute Gasteiger partial charge is 0.0924 e. The molecule has 0 aromatic carbocycles. The van der Waals surface area contributed by atoms with Crippen LogP contribution in [0.1, 0.15) is 52.4 Å². The third-order valence-electron chi connectivity index (χ3n) is 2.35. The van der Waals surface area contributed by atoms with Crippen molar-refractivity contribution in [1.82, 2.24) is 5.32 Å². The summed E-state index contributed by atoms with van der Waals surface area (Å²) in [5.74, 6) is 0. The van der Waals surface area contributed by atoms with E-state index in [9.17, 15) is 0 Å². The van der Waals surface area contributed by atoms with Crippen LogP contribution >= 0.6 is 0 Å². The van der Waals surface area contributed by atoms with Gasteiger partial charge in [-0.1, -0.05) is 38.3 Å². The van der Waals surface area contributed by atoms with E-state index in [0.717, 1.165) is 13.0 Å². The molecule has 2 nitrogen and oxygen atoms in total. The van der Waals surface area contributed by atoms with Crippen LogP contribution in [0.3, 0.4) is 0 Å². The standard InChI is InChI=1S/C13H24N2/c1-3-4-5-6-7-8-9-10-11-15-13(2)12-14/h8-9,13,15H,3-7,10-11H2,1-2H3/b9-8+. The van der Waals surface area contributed by atoms with Crippen LogP contribution in [0.5, 0.6) is 0 Å². The van der Waals surface area contributed by atoms with E-state index in [0.29, 0.717) is 0 Å². The van der Waals surface area contributed by atoms with Crippen molar-refractivity contribution in [1.29, 1.82) is 5.26 Å². The highest BCUT2D eigenvalue weighted by atomic mass is 14.9. The maximum atomic E-state index is 8.53. The van der Waals surface area contributed by atoms with E-state index in [1.807, 2.05) is 6.92 Å². The van der Waals surface area contributed by atoms with E-state index in [-0.39, 0.29) is 6.04 Å². The van der Waals surface area contributed by atoms with Gasteiger partial charge in [-0.25, -0.2) is 0 Å². The largest absolute Gasteiger partial charge is 0.302 e. The summed E-state index contributed by atoms with van der Waals surface area (Å²) in [4.78, 5) is 0. The molecule has 0 bridgehead atoms. The number of rotatable bonds is 9. The number of unbranched alkanes of at least 4 members (excludes halogenated alkanes) is 4. The van der Waals surface area contributed by atoms with Crippen LogP contribution in [0.15, 0.2) is 12.2 Å². The van der Waals surface area contributed by atoms with E-state index in [1.54, 1.807) is 0 Å². The van der Waals surface area contributed by atoms with Gasteiger partial charge in [0.25, 0.3) is 0 Å². The maximum Gasteiger partial charge on any atom is 0.0924 e. The molecule has 0 aliphatic rings. The second-order valence-electron chi connectivity index (χ2n) is 3.91. The van der Waals surface area contributed by atoms with Crippen molar-refractivity contribution >= 4 is 0 Å². The molecule has 1 unspecified atom stereocenters. The van der Waals surface area contributed by atoms with Gasteiger partial charge in [-0.2, -0.15) is 5.26 Å². The molecule has 0 aromatic heterocycles. The van der Waals surface area contributed by atoms with Crippen molar-refractivity contribution in [2.45, 2.75) is 58.4 Å². The molecule has 0 radical (unpaired) electrons. The van der Waals surface area contributed by atoms with Crippen LogP contribution in [0, 0.1) is 11.3 Å². The van der Waals surface area contributed by atoms with Crippen LogP contribution in [-0.4, -0.2) is 12.6 Å². The lowest BCUT2D eigenvalue weighted by Crippen LogP contribution is -2.24. The fourth-order valence-corrected chi connectivity index (χ4v) is 1.35. The highest BCUT2D eigenvalue weighted by Gasteiger charge is 1.93. The summed E-state index contributed by atoms with van der Waals surface area (Å²) in [6.45, 7) is 5.02. The highest BCUT2D eigenvalue weighted by Crippen LogP contribution is 2.02. The van der Waals surface area contributed by atoms with Crippen molar-refractivity contribution in [3.63, 3.8) is 0 Å². The van der Waals surface area contributed by atoms with Crippen LogP contribution in [-0.2, 0) is 0 Å². The Hall–Kier alpha value is -0.810. The summed E-state index contributed by atoms with van der Waals surface area (Å²) in [7, 11) is 0. The molecule has 0 fully saturated rings. The number of nitrogens with one attached hydrogen (secondary N) is 1. The van der Waals surface area contributed by atoms with Gasteiger partial charge in [0.1, 0.15) is 0 Å². The molecule has 0 aliphatic heterocycles. The fraction of sp³-hybridized carbons (Fsp3) is 0.769. The summed E-state index contributed by atoms with van der Waals surface area (Å²) < 4.78 is 0. The monoisotopic (exact) mass is 208 g/mol. The van der Waals surface area contributed by atoms with Crippen LogP contribution in [0.4, 0.5) is 0 Å². The summed E-state index contributed by atoms with van der Waals surface area (Å²) in [6, 6.07) is 2.13. The van der Waals surface area contributed by atoms with Crippen LogP contribution < -0.4 is 5.32 Å². The first kappa shape index (κ1) is 14.2. The summed E-state index contributed by atoms with van der Waals surface area (Å²) in [6.07, 6.45) is 12.0.